The van der Waals surface area contributed by atoms with Gasteiger partial charge in [-0.2, -0.15) is 0 Å². The van der Waals surface area contributed by atoms with Crippen molar-refractivity contribution in [2.75, 3.05) is 6.61 Å². The van der Waals surface area contributed by atoms with Crippen LogP contribution in [-0.2, 0) is 28.7 Å². The molecule has 0 spiro atoms. The molecule has 0 aliphatic rings. The molecule has 0 fully saturated rings. The van der Waals surface area contributed by atoms with Gasteiger partial charge in [0, 0.05) is 18.3 Å². The Morgan fingerprint density at radius 2 is 1.48 bits per heavy atom. The molecule has 27 heavy (non-hydrogen) atoms. The van der Waals surface area contributed by atoms with E-state index < -0.39 is 47.4 Å². The fraction of sp³-hybridized carbons (Fsp3) is 0.778. The monoisotopic (exact) mass is 389 g/mol. The summed E-state index contributed by atoms with van der Waals surface area (Å²) in [5.41, 5.74) is 4.01. The maximum Gasteiger partial charge on any atom is 0.309 e. The van der Waals surface area contributed by atoms with E-state index in [0.29, 0.717) is 0 Å². The van der Waals surface area contributed by atoms with Crippen LogP contribution in [0, 0.1) is 5.41 Å². The summed E-state index contributed by atoms with van der Waals surface area (Å²) < 4.78 is 10.3. The third-order valence-corrected chi connectivity index (χ3v) is 3.63. The van der Waals surface area contributed by atoms with Crippen LogP contribution in [0.25, 0.3) is 0 Å². The van der Waals surface area contributed by atoms with Gasteiger partial charge in [-0.3, -0.25) is 19.2 Å². The lowest BCUT2D eigenvalue weighted by Crippen LogP contribution is -2.44. The van der Waals surface area contributed by atoms with Crippen LogP contribution < -0.4 is 5.73 Å². The summed E-state index contributed by atoms with van der Waals surface area (Å²) in [6, 6.07) is 0. The van der Waals surface area contributed by atoms with Gasteiger partial charge in [0.2, 0.25) is 5.91 Å². The third-order valence-electron chi connectivity index (χ3n) is 3.63. The lowest BCUT2D eigenvalue weighted by molar-refractivity contribution is -0.169. The second-order valence-electron chi connectivity index (χ2n) is 7.41. The van der Waals surface area contributed by atoms with E-state index in [2.05, 4.69) is 0 Å². The molecule has 0 saturated carbocycles. The highest BCUT2D eigenvalue weighted by atomic mass is 16.6. The van der Waals surface area contributed by atoms with Crippen molar-refractivity contribution < 1.29 is 38.9 Å². The Bertz CT molecular complexity index is 527. The number of ether oxygens (including phenoxy) is 2. The van der Waals surface area contributed by atoms with Gasteiger partial charge in [-0.25, -0.2) is 0 Å². The summed E-state index contributed by atoms with van der Waals surface area (Å²) in [7, 11) is 0. The predicted octanol–water partition coefficient (Wildman–Crippen LogP) is 0.234. The summed E-state index contributed by atoms with van der Waals surface area (Å²) >= 11 is 0. The Labute approximate surface area is 159 Å². The molecule has 0 aliphatic heterocycles. The van der Waals surface area contributed by atoms with Crippen molar-refractivity contribution in [1.82, 2.24) is 0 Å². The van der Waals surface area contributed by atoms with Crippen LogP contribution in [0.5, 0.6) is 0 Å². The van der Waals surface area contributed by atoms with E-state index >= 15 is 0 Å². The molecule has 0 unspecified atom stereocenters. The molecule has 0 aromatic rings. The number of rotatable bonds is 13. The molecule has 9 nitrogen and oxygen atoms in total. The van der Waals surface area contributed by atoms with Gasteiger partial charge < -0.3 is 25.4 Å². The van der Waals surface area contributed by atoms with Crippen molar-refractivity contribution in [2.45, 2.75) is 78.1 Å². The van der Waals surface area contributed by atoms with Crippen LogP contribution in [0.1, 0.15) is 59.8 Å². The molecule has 0 radical (unpaired) electrons. The highest BCUT2D eigenvalue weighted by Gasteiger charge is 2.39. The summed E-state index contributed by atoms with van der Waals surface area (Å²) in [5, 5.41) is 18.5. The lowest BCUT2D eigenvalue weighted by Gasteiger charge is -2.32. The molecular formula is C18H31NO8. The van der Waals surface area contributed by atoms with Gasteiger partial charge in [0.15, 0.2) is 11.9 Å². The fourth-order valence-electron chi connectivity index (χ4n) is 2.29. The van der Waals surface area contributed by atoms with Crippen LogP contribution in [-0.4, -0.2) is 58.8 Å². The molecule has 9 heteroatoms. The Kier molecular flexibility index (Phi) is 10.8. The molecule has 1 amide bonds. The molecule has 0 bridgehead atoms. The number of hydrogen-bond acceptors (Lipinski definition) is 8. The summed E-state index contributed by atoms with van der Waals surface area (Å²) in [6.45, 7) is 5.82. The summed E-state index contributed by atoms with van der Waals surface area (Å²) in [6.07, 6.45) is -3.33. The number of ketones is 1. The van der Waals surface area contributed by atoms with Crippen LogP contribution in [0.4, 0.5) is 0 Å². The molecule has 0 rings (SSSR count). The molecular weight excluding hydrogens is 358 g/mol. The molecule has 0 aromatic heterocycles. The second-order valence-corrected chi connectivity index (χ2v) is 7.41. The van der Waals surface area contributed by atoms with E-state index in [1.807, 2.05) is 0 Å². The Morgan fingerprint density at radius 1 is 0.963 bits per heavy atom. The van der Waals surface area contributed by atoms with Gasteiger partial charge in [-0.1, -0.05) is 13.8 Å². The maximum atomic E-state index is 12.5. The van der Waals surface area contributed by atoms with Gasteiger partial charge in [-0.15, -0.1) is 0 Å². The molecule has 0 heterocycles. The Balaban J connectivity index is 5.10. The summed E-state index contributed by atoms with van der Waals surface area (Å²) in [4.78, 5) is 47.0. The van der Waals surface area contributed by atoms with Gasteiger partial charge >= 0.3 is 11.9 Å². The van der Waals surface area contributed by atoms with E-state index in [1.165, 1.54) is 13.8 Å². The Morgan fingerprint density at radius 3 is 1.96 bits per heavy atom. The maximum absolute atomic E-state index is 12.5. The minimum atomic E-state index is -1.23. The average Bonchev–Trinajstić information content (AvgIpc) is 2.48. The summed E-state index contributed by atoms with van der Waals surface area (Å²) in [5.74, 6) is -2.39. The number of aliphatic hydroxyl groups excluding tert-OH is 2. The highest BCUT2D eigenvalue weighted by Crippen LogP contribution is 2.27. The zero-order valence-electron chi connectivity index (χ0n) is 16.4. The number of aliphatic hydroxyl groups is 2. The molecule has 4 N–H and O–H groups in total. The number of carbonyl (C=O) groups is 4. The van der Waals surface area contributed by atoms with Crippen LogP contribution in [0.15, 0.2) is 0 Å². The standard InChI is InChI=1S/C18H31NO8/c1-11(20)8-15(24)26-10-18(3,4)17(27-16(25)9-12(2)21)13(22)6-5-7-14(19)23/h11-12,17,20-21H,5-10H2,1-4H3,(H2,19,23)/t11-,12-,17+/m1/s1. The third kappa shape index (κ3) is 11.3. The highest BCUT2D eigenvalue weighted by molar-refractivity contribution is 5.87. The zero-order chi connectivity index (χ0) is 21.2. The van der Waals surface area contributed by atoms with Crippen molar-refractivity contribution >= 4 is 23.6 Å². The van der Waals surface area contributed by atoms with Crippen molar-refractivity contribution in [3.8, 4) is 0 Å². The minimum absolute atomic E-state index is 0.0177. The minimum Gasteiger partial charge on any atom is -0.465 e. The quantitative estimate of drug-likeness (QED) is 0.378. The first kappa shape index (κ1) is 25.0. The van der Waals surface area contributed by atoms with Crippen molar-refractivity contribution in [2.24, 2.45) is 11.1 Å². The van der Waals surface area contributed by atoms with Crippen molar-refractivity contribution in [1.29, 1.82) is 0 Å². The SMILES string of the molecule is C[C@@H](O)CC(=O)OCC(C)(C)[C@@H](OC(=O)C[C@@H](C)O)C(=O)CCCC(N)=O. The van der Waals surface area contributed by atoms with Gasteiger partial charge in [0.25, 0.3) is 0 Å². The van der Waals surface area contributed by atoms with E-state index in [0.717, 1.165) is 0 Å². The normalized spacial score (nSPS) is 14.7. The molecule has 156 valence electrons. The number of esters is 2. The Hall–Kier alpha value is -2.00. The van der Waals surface area contributed by atoms with Crippen molar-refractivity contribution in [3.05, 3.63) is 0 Å². The number of carbonyl (C=O) groups excluding carboxylic acids is 4. The number of amides is 1. The largest absolute Gasteiger partial charge is 0.465 e. The topological polar surface area (TPSA) is 153 Å². The predicted molar refractivity (Wildman–Crippen MR) is 95.3 cm³/mol. The number of hydrogen-bond donors (Lipinski definition) is 3. The fourth-order valence-corrected chi connectivity index (χ4v) is 2.29. The average molecular weight is 389 g/mol. The first-order chi connectivity index (χ1) is 12.3. The van der Waals surface area contributed by atoms with Gasteiger partial charge in [0.05, 0.1) is 25.0 Å². The number of Topliss-reactive ketones (excluding diaryl/α,β-unsaturated/α-hetero) is 1. The van der Waals surface area contributed by atoms with Gasteiger partial charge in [0.1, 0.15) is 6.61 Å². The van der Waals surface area contributed by atoms with E-state index in [4.69, 9.17) is 15.2 Å². The lowest BCUT2D eigenvalue weighted by atomic mass is 9.83. The smallest absolute Gasteiger partial charge is 0.309 e. The second kappa shape index (κ2) is 11.7. The molecule has 0 saturated heterocycles. The molecule has 0 aromatic carbocycles. The van der Waals surface area contributed by atoms with Crippen LogP contribution in [0.2, 0.25) is 0 Å². The van der Waals surface area contributed by atoms with Crippen LogP contribution >= 0.6 is 0 Å². The van der Waals surface area contributed by atoms with E-state index in [9.17, 15) is 29.4 Å². The van der Waals surface area contributed by atoms with E-state index in [1.54, 1.807) is 13.8 Å². The van der Waals surface area contributed by atoms with Crippen molar-refractivity contribution in [3.63, 3.8) is 0 Å². The first-order valence-corrected chi connectivity index (χ1v) is 8.87. The van der Waals surface area contributed by atoms with Crippen LogP contribution in [0.3, 0.4) is 0 Å². The molecule has 3 atom stereocenters. The molecule has 0 aliphatic carbocycles. The zero-order valence-corrected chi connectivity index (χ0v) is 16.4. The van der Waals surface area contributed by atoms with Gasteiger partial charge in [-0.05, 0) is 20.3 Å². The first-order valence-electron chi connectivity index (χ1n) is 8.87. The number of primary amides is 1. The number of nitrogens with two attached hydrogens (primary N) is 1. The van der Waals surface area contributed by atoms with E-state index in [-0.39, 0.29) is 38.7 Å².